The molecular weight excluding hydrogens is 377 g/mol. The first-order chi connectivity index (χ1) is 10.1. The smallest absolute Gasteiger partial charge is 0.274 e. The first kappa shape index (κ1) is 16.0. The van der Waals surface area contributed by atoms with Crippen LogP contribution in [0.15, 0.2) is 54.6 Å². The predicted molar refractivity (Wildman–Crippen MR) is 91.9 cm³/mol. The Bertz CT molecular complexity index is 601. The molecule has 0 aromatic heterocycles. The van der Waals surface area contributed by atoms with Crippen LogP contribution in [-0.4, -0.2) is 24.1 Å². The minimum absolute atomic E-state index is 0.0408. The third-order valence-electron chi connectivity index (χ3n) is 3.28. The number of amides is 1. The zero-order valence-corrected chi connectivity index (χ0v) is 14.3. The van der Waals surface area contributed by atoms with Crippen molar-refractivity contribution >= 4 is 28.5 Å². The van der Waals surface area contributed by atoms with E-state index in [9.17, 15) is 4.79 Å². The van der Waals surface area contributed by atoms with Gasteiger partial charge < -0.3 is 0 Å². The minimum atomic E-state index is -0.106. The van der Waals surface area contributed by atoms with Crippen LogP contribution in [0.25, 0.3) is 0 Å². The van der Waals surface area contributed by atoms with Crippen LogP contribution in [-0.2, 0) is 11.3 Å². The average molecular weight is 395 g/mol. The van der Waals surface area contributed by atoms with Crippen molar-refractivity contribution in [3.05, 3.63) is 69.3 Å². The van der Waals surface area contributed by atoms with Gasteiger partial charge in [0.05, 0.1) is 18.7 Å². The van der Waals surface area contributed by atoms with Crippen LogP contribution in [0.3, 0.4) is 0 Å². The lowest BCUT2D eigenvalue weighted by atomic mass is 10.1. The second-order valence-electron chi connectivity index (χ2n) is 4.83. The van der Waals surface area contributed by atoms with E-state index in [0.29, 0.717) is 5.56 Å². The number of hydroxylamine groups is 2. The van der Waals surface area contributed by atoms with Gasteiger partial charge in [0.2, 0.25) is 0 Å². The highest BCUT2D eigenvalue weighted by molar-refractivity contribution is 14.1. The third kappa shape index (κ3) is 4.04. The summed E-state index contributed by atoms with van der Waals surface area (Å²) in [6.45, 7) is 1.99. The summed E-state index contributed by atoms with van der Waals surface area (Å²) >= 11 is 2.17. The summed E-state index contributed by atoms with van der Waals surface area (Å²) in [5, 5.41) is 1.45. The molecule has 2 aromatic carbocycles. The minimum Gasteiger partial charge on any atom is -0.274 e. The fourth-order valence-corrected chi connectivity index (χ4v) is 2.87. The van der Waals surface area contributed by atoms with Gasteiger partial charge in [-0.15, -0.1) is 0 Å². The Morgan fingerprint density at radius 3 is 2.38 bits per heavy atom. The normalized spacial score (nSPS) is 12.0. The van der Waals surface area contributed by atoms with E-state index in [1.54, 1.807) is 0 Å². The van der Waals surface area contributed by atoms with Gasteiger partial charge in [-0.2, -0.15) is 0 Å². The number of carbonyl (C=O) groups excluding carboxylic acids is 1. The Kier molecular flexibility index (Phi) is 5.76. The van der Waals surface area contributed by atoms with Crippen molar-refractivity contribution in [1.29, 1.82) is 0 Å². The quantitative estimate of drug-likeness (QED) is 0.567. The Morgan fingerprint density at radius 1 is 1.14 bits per heavy atom. The van der Waals surface area contributed by atoms with Crippen molar-refractivity contribution in [1.82, 2.24) is 5.06 Å². The van der Waals surface area contributed by atoms with Crippen molar-refractivity contribution in [2.24, 2.45) is 0 Å². The number of benzene rings is 2. The van der Waals surface area contributed by atoms with Gasteiger partial charge in [0.15, 0.2) is 0 Å². The third-order valence-corrected chi connectivity index (χ3v) is 4.22. The Morgan fingerprint density at radius 2 is 1.76 bits per heavy atom. The number of rotatable bonds is 5. The monoisotopic (exact) mass is 395 g/mol. The van der Waals surface area contributed by atoms with Crippen LogP contribution < -0.4 is 0 Å². The van der Waals surface area contributed by atoms with Gasteiger partial charge in [-0.05, 0) is 53.6 Å². The summed E-state index contributed by atoms with van der Waals surface area (Å²) < 4.78 is 0.925. The van der Waals surface area contributed by atoms with Gasteiger partial charge in [-0.3, -0.25) is 9.63 Å². The second-order valence-corrected chi connectivity index (χ2v) is 5.99. The maximum absolute atomic E-state index is 12.6. The molecule has 2 aromatic rings. The molecule has 0 spiro atoms. The first-order valence-corrected chi connectivity index (χ1v) is 7.87. The molecule has 1 atom stereocenters. The molecule has 110 valence electrons. The molecule has 0 aliphatic rings. The molecule has 0 saturated heterocycles. The van der Waals surface area contributed by atoms with E-state index >= 15 is 0 Å². The largest absolute Gasteiger partial charge is 0.278 e. The number of nitrogens with zero attached hydrogens (tertiary/aromatic N) is 1. The highest BCUT2D eigenvalue weighted by atomic mass is 127. The van der Waals surface area contributed by atoms with Crippen molar-refractivity contribution in [3.8, 4) is 0 Å². The Labute approximate surface area is 139 Å². The lowest BCUT2D eigenvalue weighted by Gasteiger charge is -2.27. The molecule has 0 fully saturated rings. The van der Waals surface area contributed by atoms with Crippen LogP contribution in [0.4, 0.5) is 0 Å². The van der Waals surface area contributed by atoms with Crippen LogP contribution in [0.5, 0.6) is 0 Å². The number of hydrogen-bond donors (Lipinski definition) is 0. The van der Waals surface area contributed by atoms with Gasteiger partial charge in [0.25, 0.3) is 5.91 Å². The van der Waals surface area contributed by atoms with Crippen LogP contribution >= 0.6 is 22.6 Å². The van der Waals surface area contributed by atoms with Gasteiger partial charge in [0.1, 0.15) is 0 Å². The van der Waals surface area contributed by atoms with Gasteiger partial charge in [0, 0.05) is 3.57 Å². The molecule has 0 unspecified atom stereocenters. The molecule has 0 saturated carbocycles. The van der Waals surface area contributed by atoms with Gasteiger partial charge in [-0.25, -0.2) is 5.06 Å². The van der Waals surface area contributed by atoms with E-state index in [1.165, 1.54) is 17.7 Å². The van der Waals surface area contributed by atoms with Gasteiger partial charge >= 0.3 is 0 Å². The van der Waals surface area contributed by atoms with E-state index in [4.69, 9.17) is 4.84 Å². The van der Waals surface area contributed by atoms with Gasteiger partial charge in [-0.1, -0.05) is 42.5 Å². The molecule has 4 heteroatoms. The molecular formula is C17H18INO2. The zero-order chi connectivity index (χ0) is 15.2. The molecule has 0 bridgehead atoms. The second kappa shape index (κ2) is 7.56. The zero-order valence-electron chi connectivity index (χ0n) is 12.1. The molecule has 0 radical (unpaired) electrons. The molecule has 0 aliphatic heterocycles. The maximum atomic E-state index is 12.6. The summed E-state index contributed by atoms with van der Waals surface area (Å²) in [4.78, 5) is 18.0. The molecule has 2 rings (SSSR count). The van der Waals surface area contributed by atoms with E-state index in [1.807, 2.05) is 49.4 Å². The summed E-state index contributed by atoms with van der Waals surface area (Å²) in [5.41, 5.74) is 1.85. The summed E-state index contributed by atoms with van der Waals surface area (Å²) in [6.07, 6.45) is 0.754. The topological polar surface area (TPSA) is 29.5 Å². The van der Waals surface area contributed by atoms with Crippen LogP contribution in [0.2, 0.25) is 0 Å². The predicted octanol–water partition coefficient (Wildman–Crippen LogP) is 3.93. The number of hydrogen-bond acceptors (Lipinski definition) is 2. The van der Waals surface area contributed by atoms with E-state index in [2.05, 4.69) is 34.7 Å². The van der Waals surface area contributed by atoms with Crippen LogP contribution in [0.1, 0.15) is 22.8 Å². The average Bonchev–Trinajstić information content (AvgIpc) is 2.49. The first-order valence-electron chi connectivity index (χ1n) is 6.79. The molecule has 0 heterocycles. The standard InChI is InChI=1S/C17H18INO2/c1-13(12-14-8-4-3-5-9-14)19(21-2)17(20)15-10-6-7-11-16(15)18/h3-11,13H,12H2,1-2H3/t13-/m1/s1. The van der Waals surface area contributed by atoms with Crippen molar-refractivity contribution in [3.63, 3.8) is 0 Å². The fourth-order valence-electron chi connectivity index (χ4n) is 2.25. The maximum Gasteiger partial charge on any atom is 0.278 e. The summed E-state index contributed by atoms with van der Waals surface area (Å²) in [5.74, 6) is -0.106. The highest BCUT2D eigenvalue weighted by Crippen LogP contribution is 2.17. The molecule has 1 amide bonds. The SMILES string of the molecule is CON(C(=O)c1ccccc1I)[C@H](C)Cc1ccccc1. The Balaban J connectivity index is 2.15. The van der Waals surface area contributed by atoms with Crippen LogP contribution in [0, 0.1) is 3.57 Å². The highest BCUT2D eigenvalue weighted by Gasteiger charge is 2.23. The Hall–Kier alpha value is -1.40. The fraction of sp³-hybridized carbons (Fsp3) is 0.235. The number of carbonyl (C=O) groups is 1. The summed E-state index contributed by atoms with van der Waals surface area (Å²) in [7, 11) is 1.54. The number of halogens is 1. The molecule has 3 nitrogen and oxygen atoms in total. The van der Waals surface area contributed by atoms with E-state index in [0.717, 1.165) is 9.99 Å². The molecule has 0 N–H and O–H groups in total. The van der Waals surface area contributed by atoms with E-state index < -0.39 is 0 Å². The van der Waals surface area contributed by atoms with Crippen molar-refractivity contribution in [2.45, 2.75) is 19.4 Å². The molecule has 21 heavy (non-hydrogen) atoms. The lowest BCUT2D eigenvalue weighted by Crippen LogP contribution is -2.39. The summed E-state index contributed by atoms with van der Waals surface area (Å²) in [6, 6.07) is 17.6. The molecule has 0 aliphatic carbocycles. The van der Waals surface area contributed by atoms with E-state index in [-0.39, 0.29) is 11.9 Å². The lowest BCUT2D eigenvalue weighted by molar-refractivity contribution is -0.119. The van der Waals surface area contributed by atoms with Crippen molar-refractivity contribution in [2.75, 3.05) is 7.11 Å². The van der Waals surface area contributed by atoms with Crippen molar-refractivity contribution < 1.29 is 9.63 Å².